The molecule has 27 heavy (non-hydrogen) atoms. The van der Waals surface area contributed by atoms with Crippen molar-refractivity contribution in [2.75, 3.05) is 11.9 Å². The maximum atomic E-state index is 12.4. The largest absolute Gasteiger partial charge is 0.367 e. The van der Waals surface area contributed by atoms with Crippen molar-refractivity contribution < 1.29 is 23.1 Å². The van der Waals surface area contributed by atoms with E-state index in [0.29, 0.717) is 23.2 Å². The fourth-order valence-electron chi connectivity index (χ4n) is 2.58. The number of hydrogen-bond donors (Lipinski definition) is 3. The third kappa shape index (κ3) is 4.50. The smallest absolute Gasteiger partial charge is 0.255 e. The number of carbonyl (C=O) groups is 1. The summed E-state index contributed by atoms with van der Waals surface area (Å²) in [5, 5.41) is 21.0. The number of rotatable bonds is 5. The Morgan fingerprint density at radius 1 is 1.15 bits per heavy atom. The molecule has 0 aliphatic carbocycles. The molecule has 0 bridgehead atoms. The van der Waals surface area contributed by atoms with Crippen LogP contribution in [0.3, 0.4) is 0 Å². The van der Waals surface area contributed by atoms with E-state index in [-0.39, 0.29) is 17.4 Å². The van der Waals surface area contributed by atoms with Crippen molar-refractivity contribution in [1.29, 1.82) is 5.26 Å². The number of nitriles is 1. The van der Waals surface area contributed by atoms with Crippen LogP contribution in [0, 0.1) is 11.3 Å². The Labute approximate surface area is 156 Å². The van der Waals surface area contributed by atoms with Crippen LogP contribution in [-0.4, -0.2) is 38.4 Å². The van der Waals surface area contributed by atoms with E-state index < -0.39 is 22.4 Å². The van der Waals surface area contributed by atoms with Crippen LogP contribution in [0.4, 0.5) is 5.69 Å². The van der Waals surface area contributed by atoms with Gasteiger partial charge in [0, 0.05) is 11.3 Å². The Bertz CT molecular complexity index is 966. The molecular formula is C18H17N3O5S. The molecule has 1 heterocycles. The Balaban J connectivity index is 1.67. The lowest BCUT2D eigenvalue weighted by Crippen LogP contribution is -2.40. The zero-order valence-electron chi connectivity index (χ0n) is 14.1. The van der Waals surface area contributed by atoms with Gasteiger partial charge in [-0.15, -0.1) is 0 Å². The first kappa shape index (κ1) is 19.0. The average molecular weight is 387 g/mol. The number of hydrogen-bond acceptors (Lipinski definition) is 6. The van der Waals surface area contributed by atoms with Gasteiger partial charge >= 0.3 is 0 Å². The van der Waals surface area contributed by atoms with Gasteiger partial charge in [-0.25, -0.2) is 13.1 Å². The van der Waals surface area contributed by atoms with Gasteiger partial charge in [-0.2, -0.15) is 5.26 Å². The molecule has 2 aromatic rings. The number of aliphatic hydroxyl groups excluding tert-OH is 1. The third-order valence-electron chi connectivity index (χ3n) is 4.07. The molecule has 3 rings (SSSR count). The monoisotopic (exact) mass is 387 g/mol. The van der Waals surface area contributed by atoms with Gasteiger partial charge in [-0.1, -0.05) is 0 Å². The molecular weight excluding hydrogens is 370 g/mol. The van der Waals surface area contributed by atoms with Crippen LogP contribution in [-0.2, 0) is 14.8 Å². The lowest BCUT2D eigenvalue weighted by Gasteiger charge is -2.15. The van der Waals surface area contributed by atoms with Gasteiger partial charge in [0.15, 0.2) is 6.29 Å². The van der Waals surface area contributed by atoms with E-state index in [1.807, 2.05) is 6.07 Å². The molecule has 140 valence electrons. The van der Waals surface area contributed by atoms with E-state index in [4.69, 9.17) is 10.00 Å². The first-order valence-electron chi connectivity index (χ1n) is 8.12. The second-order valence-electron chi connectivity index (χ2n) is 5.95. The van der Waals surface area contributed by atoms with E-state index in [1.165, 1.54) is 48.5 Å². The van der Waals surface area contributed by atoms with E-state index >= 15 is 0 Å². The predicted octanol–water partition coefficient (Wildman–Crippen LogP) is 1.20. The first-order valence-corrected chi connectivity index (χ1v) is 9.61. The second-order valence-corrected chi connectivity index (χ2v) is 7.66. The topological polar surface area (TPSA) is 129 Å². The molecule has 0 spiro atoms. The maximum Gasteiger partial charge on any atom is 0.255 e. The highest BCUT2D eigenvalue weighted by Gasteiger charge is 2.30. The number of carbonyl (C=O) groups excluding carboxylic acids is 1. The van der Waals surface area contributed by atoms with Gasteiger partial charge < -0.3 is 15.2 Å². The Kier molecular flexibility index (Phi) is 5.53. The molecule has 2 atom stereocenters. The van der Waals surface area contributed by atoms with Crippen LogP contribution < -0.4 is 10.0 Å². The van der Waals surface area contributed by atoms with Gasteiger partial charge in [0.2, 0.25) is 10.0 Å². The van der Waals surface area contributed by atoms with Crippen molar-refractivity contribution in [3.8, 4) is 6.07 Å². The van der Waals surface area contributed by atoms with Crippen molar-refractivity contribution in [2.24, 2.45) is 0 Å². The number of aliphatic hydroxyl groups is 1. The van der Waals surface area contributed by atoms with Gasteiger partial charge in [0.25, 0.3) is 5.91 Å². The molecule has 0 aromatic heterocycles. The molecule has 1 amide bonds. The number of amides is 1. The molecule has 1 fully saturated rings. The molecule has 0 radical (unpaired) electrons. The third-order valence-corrected chi connectivity index (χ3v) is 5.57. The van der Waals surface area contributed by atoms with Crippen LogP contribution in [0.2, 0.25) is 0 Å². The molecule has 1 aliphatic heterocycles. The van der Waals surface area contributed by atoms with Crippen molar-refractivity contribution in [3.63, 3.8) is 0 Å². The number of sulfonamides is 1. The summed E-state index contributed by atoms with van der Waals surface area (Å²) in [7, 11) is -3.82. The molecule has 8 nitrogen and oxygen atoms in total. The summed E-state index contributed by atoms with van der Waals surface area (Å²) in [4.78, 5) is 12.2. The fourth-order valence-corrected chi connectivity index (χ4v) is 3.84. The number of anilines is 1. The predicted molar refractivity (Wildman–Crippen MR) is 96.2 cm³/mol. The van der Waals surface area contributed by atoms with E-state index in [0.717, 1.165) is 0 Å². The van der Waals surface area contributed by atoms with Gasteiger partial charge in [0.1, 0.15) is 0 Å². The lowest BCUT2D eigenvalue weighted by atomic mass is 10.1. The zero-order chi connectivity index (χ0) is 19.4. The van der Waals surface area contributed by atoms with Crippen LogP contribution in [0.1, 0.15) is 22.3 Å². The van der Waals surface area contributed by atoms with Gasteiger partial charge in [0.05, 0.1) is 29.2 Å². The van der Waals surface area contributed by atoms with Crippen LogP contribution in [0.5, 0.6) is 0 Å². The minimum Gasteiger partial charge on any atom is -0.367 e. The van der Waals surface area contributed by atoms with Crippen LogP contribution in [0.15, 0.2) is 53.4 Å². The number of ether oxygens (including phenoxy) is 1. The summed E-state index contributed by atoms with van der Waals surface area (Å²) in [5.41, 5.74) is 1.25. The minimum absolute atomic E-state index is 0.0120. The number of nitrogens with zero attached hydrogens (tertiary/aromatic N) is 1. The summed E-state index contributed by atoms with van der Waals surface area (Å²) in [5.74, 6) is -0.376. The highest BCUT2D eigenvalue weighted by Crippen LogP contribution is 2.18. The van der Waals surface area contributed by atoms with E-state index in [9.17, 15) is 18.3 Å². The SMILES string of the molecule is N#Cc1ccc(C(=O)Nc2ccc(S(=O)(=O)N[C@H]3CCO[C@@H]3O)cc2)cc1. The standard InChI is InChI=1S/C18H17N3O5S/c19-11-12-1-3-13(4-2-12)17(22)20-14-5-7-15(8-6-14)27(24,25)21-16-9-10-26-18(16)23/h1-8,16,18,21,23H,9-10H2,(H,20,22)/t16-,18-/m0/s1. The Morgan fingerprint density at radius 3 is 2.37 bits per heavy atom. The van der Waals surface area contributed by atoms with Gasteiger partial charge in [-0.3, -0.25) is 4.79 Å². The van der Waals surface area contributed by atoms with Crippen molar-refractivity contribution in [2.45, 2.75) is 23.6 Å². The molecule has 1 saturated heterocycles. The van der Waals surface area contributed by atoms with E-state index in [1.54, 1.807) is 0 Å². The molecule has 2 aromatic carbocycles. The summed E-state index contributed by atoms with van der Waals surface area (Å²) >= 11 is 0. The average Bonchev–Trinajstić information content (AvgIpc) is 3.06. The number of benzene rings is 2. The normalized spacial score (nSPS) is 19.4. The van der Waals surface area contributed by atoms with Crippen LogP contribution >= 0.6 is 0 Å². The van der Waals surface area contributed by atoms with Crippen molar-refractivity contribution in [1.82, 2.24) is 4.72 Å². The first-order chi connectivity index (χ1) is 12.9. The maximum absolute atomic E-state index is 12.4. The molecule has 9 heteroatoms. The highest BCUT2D eigenvalue weighted by molar-refractivity contribution is 7.89. The van der Waals surface area contributed by atoms with Crippen molar-refractivity contribution >= 4 is 21.6 Å². The summed E-state index contributed by atoms with van der Waals surface area (Å²) in [6.07, 6.45) is -0.773. The molecule has 0 saturated carbocycles. The second kappa shape index (κ2) is 7.85. The fraction of sp³-hybridized carbons (Fsp3) is 0.222. The number of nitrogens with one attached hydrogen (secondary N) is 2. The van der Waals surface area contributed by atoms with E-state index in [2.05, 4.69) is 10.0 Å². The Morgan fingerprint density at radius 2 is 1.81 bits per heavy atom. The minimum atomic E-state index is -3.82. The quantitative estimate of drug-likeness (QED) is 0.707. The summed E-state index contributed by atoms with van der Waals surface area (Å²) in [6.45, 7) is 0.286. The molecule has 3 N–H and O–H groups in total. The molecule has 1 aliphatic rings. The molecule has 0 unspecified atom stereocenters. The van der Waals surface area contributed by atoms with Gasteiger partial charge in [-0.05, 0) is 55.0 Å². The lowest BCUT2D eigenvalue weighted by molar-refractivity contribution is -0.0686. The van der Waals surface area contributed by atoms with Crippen LogP contribution in [0.25, 0.3) is 0 Å². The summed E-state index contributed by atoms with van der Waals surface area (Å²) in [6, 6.07) is 13.1. The summed E-state index contributed by atoms with van der Waals surface area (Å²) < 4.78 is 32.0. The zero-order valence-corrected chi connectivity index (χ0v) is 14.9. The highest BCUT2D eigenvalue weighted by atomic mass is 32.2. The van der Waals surface area contributed by atoms with Crippen molar-refractivity contribution in [3.05, 3.63) is 59.7 Å². The Hall–Kier alpha value is -2.77.